The molecule has 0 radical (unpaired) electrons. The highest BCUT2D eigenvalue weighted by Gasteiger charge is 2.14. The normalized spacial score (nSPS) is 12.2. The maximum atomic E-state index is 12.1. The minimum Gasteiger partial charge on any atom is -0.494 e. The van der Waals surface area contributed by atoms with Gasteiger partial charge in [0.05, 0.1) is 18.9 Å². The van der Waals surface area contributed by atoms with Crippen LogP contribution in [0.4, 0.5) is 17.3 Å². The second-order valence-corrected chi connectivity index (χ2v) is 6.85. The standard InChI is InChI=1S/C16H22N8O4S/c1-2-28-10-5-3-9(4-6-10)24-29(27)8-7-20-16(19)23-14(25)11-12(17)22-13(18)15(26)21-11/h3-6,24H,2,7-8H2,1H3,(H,21,26)(H4,17,18,22)(H3,19,20,23,25). The van der Waals surface area contributed by atoms with Crippen molar-refractivity contribution in [2.45, 2.75) is 6.92 Å². The average Bonchev–Trinajstić information content (AvgIpc) is 2.66. The molecule has 1 aromatic carbocycles. The third-order valence-corrected chi connectivity index (χ3v) is 4.41. The van der Waals surface area contributed by atoms with Crippen LogP contribution in [-0.2, 0) is 11.0 Å². The number of nitrogen functional groups attached to an aromatic ring is 2. The number of aromatic nitrogens is 2. The molecule has 12 nitrogen and oxygen atoms in total. The molecule has 1 atom stereocenters. The highest BCUT2D eigenvalue weighted by Crippen LogP contribution is 2.15. The number of carbonyl (C=O) groups is 1. The number of hydrogen-bond donors (Lipinski definition) is 6. The molecule has 0 aliphatic carbocycles. The van der Waals surface area contributed by atoms with Crippen molar-refractivity contribution in [3.63, 3.8) is 0 Å². The smallest absolute Gasteiger partial charge is 0.291 e. The summed E-state index contributed by atoms with van der Waals surface area (Å²) in [4.78, 5) is 33.2. The van der Waals surface area contributed by atoms with E-state index in [0.29, 0.717) is 12.3 Å². The Morgan fingerprint density at radius 2 is 1.97 bits per heavy atom. The van der Waals surface area contributed by atoms with Gasteiger partial charge in [0.25, 0.3) is 11.5 Å². The lowest BCUT2D eigenvalue weighted by Gasteiger charge is -2.08. The molecule has 0 saturated carbocycles. The zero-order valence-electron chi connectivity index (χ0n) is 15.6. The highest BCUT2D eigenvalue weighted by molar-refractivity contribution is 7.86. The Hall–Kier alpha value is -3.61. The average molecular weight is 422 g/mol. The highest BCUT2D eigenvalue weighted by atomic mass is 32.2. The van der Waals surface area contributed by atoms with E-state index in [-0.39, 0.29) is 35.6 Å². The topological polar surface area (TPSA) is 204 Å². The van der Waals surface area contributed by atoms with Crippen molar-refractivity contribution in [2.24, 2.45) is 10.7 Å². The molecule has 0 aliphatic rings. The van der Waals surface area contributed by atoms with Gasteiger partial charge in [-0.1, -0.05) is 0 Å². The van der Waals surface area contributed by atoms with E-state index in [1.54, 1.807) is 24.3 Å². The lowest BCUT2D eigenvalue weighted by molar-refractivity contribution is 0.0972. The lowest BCUT2D eigenvalue weighted by Crippen LogP contribution is -2.39. The maximum absolute atomic E-state index is 12.1. The molecule has 0 saturated heterocycles. The zero-order valence-corrected chi connectivity index (χ0v) is 16.4. The Balaban J connectivity index is 1.85. The minimum atomic E-state index is -1.41. The number of nitrogens with one attached hydrogen (secondary N) is 3. The molecule has 29 heavy (non-hydrogen) atoms. The van der Waals surface area contributed by atoms with Crippen molar-refractivity contribution in [1.29, 1.82) is 0 Å². The summed E-state index contributed by atoms with van der Waals surface area (Å²) in [7, 11) is -1.41. The number of nitrogens with zero attached hydrogens (tertiary/aromatic N) is 2. The molecule has 2 rings (SSSR count). The van der Waals surface area contributed by atoms with Crippen LogP contribution in [0.25, 0.3) is 0 Å². The predicted molar refractivity (Wildman–Crippen MR) is 112 cm³/mol. The van der Waals surface area contributed by atoms with Crippen molar-refractivity contribution < 1.29 is 13.7 Å². The molecule has 2 aromatic rings. The lowest BCUT2D eigenvalue weighted by atomic mass is 10.3. The molecule has 1 amide bonds. The summed E-state index contributed by atoms with van der Waals surface area (Å²) in [5.74, 6) is -0.787. The predicted octanol–water partition coefficient (Wildman–Crippen LogP) is -0.847. The van der Waals surface area contributed by atoms with E-state index < -0.39 is 22.5 Å². The SMILES string of the molecule is CCOc1ccc(NS(=O)CCN=C(N)NC(=O)c2[nH]c(=O)c(N)nc2N)cc1. The van der Waals surface area contributed by atoms with Gasteiger partial charge < -0.3 is 31.6 Å². The van der Waals surface area contributed by atoms with Gasteiger partial charge in [-0.3, -0.25) is 19.9 Å². The third kappa shape index (κ3) is 6.49. The molecule has 1 unspecified atom stereocenters. The summed E-state index contributed by atoms with van der Waals surface area (Å²) in [6.45, 7) is 2.53. The number of aliphatic imine (C=N–C) groups is 1. The molecule has 1 aromatic heterocycles. The van der Waals surface area contributed by atoms with Crippen LogP contribution in [-0.4, -0.2) is 44.9 Å². The summed E-state index contributed by atoms with van der Waals surface area (Å²) in [6.07, 6.45) is 0. The van der Waals surface area contributed by atoms with Crippen LogP contribution in [0, 0.1) is 0 Å². The van der Waals surface area contributed by atoms with Gasteiger partial charge in [-0.05, 0) is 31.2 Å². The van der Waals surface area contributed by atoms with E-state index in [1.807, 2.05) is 6.92 Å². The summed E-state index contributed by atoms with van der Waals surface area (Å²) in [5.41, 5.74) is 16.1. The van der Waals surface area contributed by atoms with Gasteiger partial charge >= 0.3 is 0 Å². The number of carbonyl (C=O) groups excluding carboxylic acids is 1. The summed E-state index contributed by atoms with van der Waals surface area (Å²) < 4.78 is 20.2. The van der Waals surface area contributed by atoms with Gasteiger partial charge in [-0.25, -0.2) is 9.19 Å². The largest absolute Gasteiger partial charge is 0.494 e. The van der Waals surface area contributed by atoms with Gasteiger partial charge in [0, 0.05) is 5.69 Å². The summed E-state index contributed by atoms with van der Waals surface area (Å²) in [6, 6.07) is 7.01. The number of H-pyrrole nitrogens is 1. The number of rotatable bonds is 8. The first kappa shape index (κ1) is 21.7. The Morgan fingerprint density at radius 1 is 1.28 bits per heavy atom. The number of anilines is 3. The van der Waals surface area contributed by atoms with E-state index in [2.05, 4.69) is 25.0 Å². The first-order chi connectivity index (χ1) is 13.8. The molecule has 0 fully saturated rings. The van der Waals surface area contributed by atoms with E-state index in [1.165, 1.54) is 0 Å². The second-order valence-electron chi connectivity index (χ2n) is 5.54. The van der Waals surface area contributed by atoms with Gasteiger partial charge in [0.15, 0.2) is 23.3 Å². The number of hydrogen-bond acceptors (Lipinski definition) is 8. The fraction of sp³-hybridized carbons (Fsp3) is 0.250. The Morgan fingerprint density at radius 3 is 2.62 bits per heavy atom. The first-order valence-corrected chi connectivity index (χ1v) is 9.76. The van der Waals surface area contributed by atoms with Crippen LogP contribution >= 0.6 is 0 Å². The first-order valence-electron chi connectivity index (χ1n) is 8.44. The second kappa shape index (κ2) is 10.1. The molecule has 156 valence electrons. The van der Waals surface area contributed by atoms with Gasteiger partial charge in [0.2, 0.25) is 0 Å². The quantitative estimate of drug-likeness (QED) is 0.233. The van der Waals surface area contributed by atoms with Crippen LogP contribution < -0.4 is 37.5 Å². The number of guanidine groups is 1. The van der Waals surface area contributed by atoms with Crippen molar-refractivity contribution >= 4 is 40.2 Å². The Labute approximate surface area is 168 Å². The molecule has 9 N–H and O–H groups in total. The van der Waals surface area contributed by atoms with Gasteiger partial charge in [-0.15, -0.1) is 0 Å². The molecular weight excluding hydrogens is 400 g/mol. The number of nitrogens with two attached hydrogens (primary N) is 3. The molecule has 0 bridgehead atoms. The van der Waals surface area contributed by atoms with Crippen molar-refractivity contribution in [2.75, 3.05) is 35.1 Å². The van der Waals surface area contributed by atoms with Gasteiger partial charge in [0.1, 0.15) is 16.7 Å². The number of benzene rings is 1. The van der Waals surface area contributed by atoms with Crippen molar-refractivity contribution in [1.82, 2.24) is 15.3 Å². The molecule has 1 heterocycles. The van der Waals surface area contributed by atoms with Crippen LogP contribution in [0.3, 0.4) is 0 Å². The van der Waals surface area contributed by atoms with E-state index in [0.717, 1.165) is 5.75 Å². The fourth-order valence-electron chi connectivity index (χ4n) is 2.09. The van der Waals surface area contributed by atoms with E-state index >= 15 is 0 Å². The monoisotopic (exact) mass is 422 g/mol. The Bertz CT molecular complexity index is 974. The van der Waals surface area contributed by atoms with E-state index in [9.17, 15) is 13.8 Å². The fourth-order valence-corrected chi connectivity index (χ4v) is 2.84. The van der Waals surface area contributed by atoms with Crippen LogP contribution in [0.5, 0.6) is 5.75 Å². The van der Waals surface area contributed by atoms with Crippen LogP contribution in [0.15, 0.2) is 34.1 Å². The number of ether oxygens (including phenoxy) is 1. The van der Waals surface area contributed by atoms with Crippen molar-refractivity contribution in [3.05, 3.63) is 40.3 Å². The van der Waals surface area contributed by atoms with Crippen molar-refractivity contribution in [3.8, 4) is 5.75 Å². The molecule has 0 spiro atoms. The zero-order chi connectivity index (χ0) is 21.4. The molecule has 0 aliphatic heterocycles. The summed E-state index contributed by atoms with van der Waals surface area (Å²) >= 11 is 0. The summed E-state index contributed by atoms with van der Waals surface area (Å²) in [5, 5.41) is 2.25. The third-order valence-electron chi connectivity index (χ3n) is 3.39. The number of amides is 1. The van der Waals surface area contributed by atoms with Crippen LogP contribution in [0.1, 0.15) is 17.4 Å². The maximum Gasteiger partial charge on any atom is 0.291 e. The molecular formula is C16H22N8O4S. The molecule has 13 heteroatoms. The van der Waals surface area contributed by atoms with Crippen LogP contribution in [0.2, 0.25) is 0 Å². The number of aromatic amines is 1. The minimum absolute atomic E-state index is 0.0781. The Kier molecular flexibility index (Phi) is 7.54. The van der Waals surface area contributed by atoms with Gasteiger partial charge in [-0.2, -0.15) is 0 Å². The van der Waals surface area contributed by atoms with E-state index in [4.69, 9.17) is 21.9 Å².